The highest BCUT2D eigenvalue weighted by Crippen LogP contribution is 2.22. The maximum Gasteiger partial charge on any atom is 0.306 e. The van der Waals surface area contributed by atoms with Crippen LogP contribution in [0.2, 0.25) is 0 Å². The first-order valence-electron chi connectivity index (χ1n) is 3.65. The first kappa shape index (κ1) is 11.5. The summed E-state index contributed by atoms with van der Waals surface area (Å²) < 4.78 is 45.5. The zero-order valence-electron chi connectivity index (χ0n) is 7.18. The van der Waals surface area contributed by atoms with Crippen molar-refractivity contribution in [3.63, 3.8) is 0 Å². The highest BCUT2D eigenvalue weighted by atomic mass is 32.3. The van der Waals surface area contributed by atoms with E-state index in [1.165, 1.54) is 0 Å². The molecule has 0 saturated carbocycles. The average Bonchev–Trinajstić information content (AvgIpc) is 1.99. The number of hydrogen-bond donors (Lipinski definition) is 0. The van der Waals surface area contributed by atoms with Crippen LogP contribution in [0.15, 0.2) is 18.2 Å². The van der Waals surface area contributed by atoms with E-state index in [0.717, 1.165) is 12.1 Å². The minimum atomic E-state index is -4.92. The van der Waals surface area contributed by atoms with Crippen LogP contribution in [-0.2, 0) is 16.0 Å². The molecule has 1 aromatic rings. The standard InChI is InChI=1S/C7H5F2NO4S/c8-6-1-2-7(10(11)12)5(3-6)4-15(9,13)14/h1-3H,4H2. The lowest BCUT2D eigenvalue weighted by molar-refractivity contribution is -0.385. The Balaban J connectivity index is 3.25. The van der Waals surface area contributed by atoms with Crippen LogP contribution in [0.25, 0.3) is 0 Å². The molecule has 1 aromatic carbocycles. The number of nitrogens with zero attached hydrogens (tertiary/aromatic N) is 1. The fourth-order valence-electron chi connectivity index (χ4n) is 1.03. The van der Waals surface area contributed by atoms with Gasteiger partial charge in [0.15, 0.2) is 0 Å². The van der Waals surface area contributed by atoms with E-state index in [2.05, 4.69) is 0 Å². The van der Waals surface area contributed by atoms with E-state index >= 15 is 0 Å². The molecule has 0 aliphatic heterocycles. The molecule has 0 aliphatic carbocycles. The molecule has 0 aromatic heterocycles. The lowest BCUT2D eigenvalue weighted by Gasteiger charge is -1.99. The van der Waals surface area contributed by atoms with E-state index in [1.807, 2.05) is 0 Å². The molecule has 0 fully saturated rings. The number of benzene rings is 1. The van der Waals surface area contributed by atoms with Gasteiger partial charge in [-0.1, -0.05) is 0 Å². The second kappa shape index (κ2) is 3.89. The number of nitro benzene ring substituents is 1. The van der Waals surface area contributed by atoms with E-state index in [9.17, 15) is 26.8 Å². The summed E-state index contributed by atoms with van der Waals surface area (Å²) >= 11 is 0. The minimum Gasteiger partial charge on any atom is -0.258 e. The second-order valence-electron chi connectivity index (χ2n) is 2.71. The summed E-state index contributed by atoms with van der Waals surface area (Å²) in [7, 11) is -4.92. The summed E-state index contributed by atoms with van der Waals surface area (Å²) in [5.74, 6) is -2.07. The van der Waals surface area contributed by atoms with Gasteiger partial charge in [0.2, 0.25) is 0 Å². The Hall–Kier alpha value is -1.57. The molecule has 0 bridgehead atoms. The number of rotatable bonds is 3. The van der Waals surface area contributed by atoms with Crippen molar-refractivity contribution in [1.29, 1.82) is 0 Å². The summed E-state index contributed by atoms with van der Waals surface area (Å²) in [6.45, 7) is 0. The molecule has 82 valence electrons. The average molecular weight is 237 g/mol. The normalized spacial score (nSPS) is 11.3. The zero-order valence-corrected chi connectivity index (χ0v) is 8.00. The van der Waals surface area contributed by atoms with Crippen molar-refractivity contribution in [1.82, 2.24) is 0 Å². The molecule has 0 heterocycles. The Bertz CT molecular complexity index is 500. The summed E-state index contributed by atoms with van der Waals surface area (Å²) in [6, 6.07) is 2.21. The molecule has 15 heavy (non-hydrogen) atoms. The van der Waals surface area contributed by atoms with E-state index in [0.29, 0.717) is 6.07 Å². The Morgan fingerprint density at radius 1 is 1.40 bits per heavy atom. The van der Waals surface area contributed by atoms with Gasteiger partial charge in [0.1, 0.15) is 11.6 Å². The van der Waals surface area contributed by atoms with Gasteiger partial charge in [0, 0.05) is 6.07 Å². The molecule has 0 saturated heterocycles. The van der Waals surface area contributed by atoms with Crippen molar-refractivity contribution in [3.05, 3.63) is 39.7 Å². The van der Waals surface area contributed by atoms with Crippen LogP contribution in [0.5, 0.6) is 0 Å². The van der Waals surface area contributed by atoms with Crippen molar-refractivity contribution in [2.45, 2.75) is 5.75 Å². The molecule has 5 nitrogen and oxygen atoms in total. The van der Waals surface area contributed by atoms with Crippen LogP contribution in [0, 0.1) is 15.9 Å². The topological polar surface area (TPSA) is 77.3 Å². The van der Waals surface area contributed by atoms with Gasteiger partial charge in [-0.3, -0.25) is 10.1 Å². The van der Waals surface area contributed by atoms with Crippen molar-refractivity contribution >= 4 is 15.9 Å². The number of nitro groups is 1. The summed E-state index contributed by atoms with van der Waals surface area (Å²) in [5.41, 5.74) is -1.14. The van der Waals surface area contributed by atoms with Crippen LogP contribution in [-0.4, -0.2) is 13.3 Å². The largest absolute Gasteiger partial charge is 0.306 e. The third-order valence-corrected chi connectivity index (χ3v) is 2.22. The zero-order chi connectivity index (χ0) is 11.6. The molecule has 0 unspecified atom stereocenters. The van der Waals surface area contributed by atoms with Gasteiger partial charge in [-0.2, -0.15) is 8.42 Å². The number of halogens is 2. The Labute approximate surface area is 83.7 Å². The molecular weight excluding hydrogens is 232 g/mol. The van der Waals surface area contributed by atoms with E-state index in [4.69, 9.17) is 0 Å². The molecule has 1 rings (SSSR count). The third kappa shape index (κ3) is 3.24. The van der Waals surface area contributed by atoms with Gasteiger partial charge in [-0.05, 0) is 12.1 Å². The molecule has 0 atom stereocenters. The van der Waals surface area contributed by atoms with Crippen LogP contribution >= 0.6 is 0 Å². The first-order valence-corrected chi connectivity index (χ1v) is 5.20. The molecule has 0 spiro atoms. The van der Waals surface area contributed by atoms with Gasteiger partial charge >= 0.3 is 10.2 Å². The fourth-order valence-corrected chi connectivity index (χ4v) is 1.64. The van der Waals surface area contributed by atoms with Crippen molar-refractivity contribution in [2.75, 3.05) is 0 Å². The molecular formula is C7H5F2NO4S. The van der Waals surface area contributed by atoms with Crippen LogP contribution in [0.1, 0.15) is 5.56 Å². The smallest absolute Gasteiger partial charge is 0.258 e. The van der Waals surface area contributed by atoms with Crippen molar-refractivity contribution in [3.8, 4) is 0 Å². The minimum absolute atomic E-state index is 0.512. The Morgan fingerprint density at radius 2 is 2.00 bits per heavy atom. The molecule has 0 radical (unpaired) electrons. The van der Waals surface area contributed by atoms with Crippen LogP contribution in [0.3, 0.4) is 0 Å². The Morgan fingerprint density at radius 3 is 2.47 bits per heavy atom. The molecule has 0 aliphatic rings. The van der Waals surface area contributed by atoms with Crippen LogP contribution in [0.4, 0.5) is 14.0 Å². The summed E-state index contributed by atoms with van der Waals surface area (Å²) in [5, 5.41) is 10.4. The van der Waals surface area contributed by atoms with Crippen molar-refractivity contribution in [2.24, 2.45) is 0 Å². The van der Waals surface area contributed by atoms with E-state index in [-0.39, 0.29) is 0 Å². The SMILES string of the molecule is O=[N+]([O-])c1ccc(F)cc1CS(=O)(=O)F. The highest BCUT2D eigenvalue weighted by Gasteiger charge is 2.20. The predicted molar refractivity (Wildman–Crippen MR) is 46.8 cm³/mol. The molecule has 8 heteroatoms. The van der Waals surface area contributed by atoms with Gasteiger partial charge in [-0.15, -0.1) is 3.89 Å². The quantitative estimate of drug-likeness (QED) is 0.453. The lowest BCUT2D eigenvalue weighted by atomic mass is 10.2. The van der Waals surface area contributed by atoms with E-state index in [1.54, 1.807) is 0 Å². The lowest BCUT2D eigenvalue weighted by Crippen LogP contribution is -2.01. The first-order chi connectivity index (χ1) is 6.79. The highest BCUT2D eigenvalue weighted by molar-refractivity contribution is 7.85. The molecule has 0 amide bonds. The maximum absolute atomic E-state index is 12.6. The maximum atomic E-state index is 12.6. The van der Waals surface area contributed by atoms with Crippen LogP contribution < -0.4 is 0 Å². The summed E-state index contributed by atoms with van der Waals surface area (Å²) in [6.07, 6.45) is 0. The second-order valence-corrected chi connectivity index (χ2v) is 4.08. The fraction of sp³-hybridized carbons (Fsp3) is 0.143. The Kier molecular flexibility index (Phi) is 2.98. The van der Waals surface area contributed by atoms with Gasteiger partial charge in [0.05, 0.1) is 10.5 Å². The summed E-state index contributed by atoms with van der Waals surface area (Å²) in [4.78, 5) is 9.48. The molecule has 0 N–H and O–H groups in total. The van der Waals surface area contributed by atoms with Gasteiger partial charge in [-0.25, -0.2) is 4.39 Å². The van der Waals surface area contributed by atoms with E-state index < -0.39 is 38.0 Å². The van der Waals surface area contributed by atoms with Gasteiger partial charge in [0.25, 0.3) is 5.69 Å². The number of hydrogen-bond acceptors (Lipinski definition) is 4. The van der Waals surface area contributed by atoms with Gasteiger partial charge < -0.3 is 0 Å². The third-order valence-electron chi connectivity index (χ3n) is 1.57. The predicted octanol–water partition coefficient (Wildman–Crippen LogP) is 1.53. The monoisotopic (exact) mass is 237 g/mol. The van der Waals surface area contributed by atoms with Crippen molar-refractivity contribution < 1.29 is 21.6 Å².